The number of ketones is 1. The Morgan fingerprint density at radius 3 is 2.64 bits per heavy atom. The molecule has 1 aliphatic carbocycles. The van der Waals surface area contributed by atoms with Gasteiger partial charge in [0.25, 0.3) is 0 Å². The van der Waals surface area contributed by atoms with Crippen molar-refractivity contribution >= 4 is 11.5 Å². The fourth-order valence-electron chi connectivity index (χ4n) is 3.35. The van der Waals surface area contributed by atoms with Gasteiger partial charge in [0.05, 0.1) is 6.54 Å². The van der Waals surface area contributed by atoms with Gasteiger partial charge in [0.15, 0.2) is 11.2 Å². The fraction of sp³-hybridized carbons (Fsp3) is 0.389. The van der Waals surface area contributed by atoms with Gasteiger partial charge in [-0.2, -0.15) is 13.2 Å². The van der Waals surface area contributed by atoms with E-state index in [4.69, 9.17) is 0 Å². The van der Waals surface area contributed by atoms with Crippen LogP contribution in [0.2, 0.25) is 0 Å². The minimum atomic E-state index is -4.85. The molecule has 4 rings (SSSR count). The minimum absolute atomic E-state index is 0.0908. The minimum Gasteiger partial charge on any atom is -0.357 e. The molecule has 2 aliphatic heterocycles. The van der Waals surface area contributed by atoms with Crippen LogP contribution in [0, 0.1) is 23.6 Å². The molecule has 0 aromatic heterocycles. The van der Waals surface area contributed by atoms with Gasteiger partial charge in [0.1, 0.15) is 5.82 Å². The molecule has 1 unspecified atom stereocenters. The van der Waals surface area contributed by atoms with Crippen molar-refractivity contribution in [1.82, 2.24) is 5.32 Å². The predicted octanol–water partition coefficient (Wildman–Crippen LogP) is 2.89. The number of hydrogen-bond donors (Lipinski definition) is 2. The number of rotatable bonds is 0. The number of nitrogens with one attached hydrogen (secondary N) is 2. The first-order chi connectivity index (χ1) is 11.8. The van der Waals surface area contributed by atoms with E-state index in [0.29, 0.717) is 0 Å². The van der Waals surface area contributed by atoms with Crippen LogP contribution in [-0.4, -0.2) is 25.0 Å². The highest BCUT2D eigenvalue weighted by molar-refractivity contribution is 6.04. The molecule has 1 saturated carbocycles. The highest BCUT2D eigenvalue weighted by Crippen LogP contribution is 2.53. The lowest BCUT2D eigenvalue weighted by Crippen LogP contribution is -2.53. The normalized spacial score (nSPS) is 25.5. The number of hydrogen-bond acceptors (Lipinski definition) is 3. The molecule has 0 radical (unpaired) electrons. The Hall–Kier alpha value is -2.33. The van der Waals surface area contributed by atoms with Gasteiger partial charge in [-0.05, 0) is 31.0 Å². The fourth-order valence-corrected chi connectivity index (χ4v) is 3.35. The molecule has 0 saturated heterocycles. The molecule has 0 bridgehead atoms. The van der Waals surface area contributed by atoms with Gasteiger partial charge in [-0.15, -0.1) is 0 Å². The standard InChI is InChI=1S/C18H14F4N2O/c19-11-3-4-13-12(7-11)17(18(20,21)22,6-5-10-1-2-10)16-14(24-13)8-23-9-15(16)25/h3-4,7,10,23-24H,1-2,8-9H2. The number of anilines is 1. The van der Waals surface area contributed by atoms with Crippen molar-refractivity contribution in [2.45, 2.75) is 24.4 Å². The van der Waals surface area contributed by atoms with Crippen molar-refractivity contribution in [2.75, 3.05) is 18.4 Å². The highest BCUT2D eigenvalue weighted by Gasteiger charge is 2.63. The summed E-state index contributed by atoms with van der Waals surface area (Å²) in [5.41, 5.74) is -3.28. The van der Waals surface area contributed by atoms with Crippen molar-refractivity contribution in [3.63, 3.8) is 0 Å². The Balaban J connectivity index is 2.06. The Kier molecular flexibility index (Phi) is 3.45. The van der Waals surface area contributed by atoms with E-state index in [1.54, 1.807) is 0 Å². The molecule has 1 aromatic carbocycles. The smallest absolute Gasteiger partial charge is 0.357 e. The molecule has 25 heavy (non-hydrogen) atoms. The topological polar surface area (TPSA) is 41.1 Å². The monoisotopic (exact) mass is 350 g/mol. The van der Waals surface area contributed by atoms with Crippen molar-refractivity contribution < 1.29 is 22.4 Å². The van der Waals surface area contributed by atoms with E-state index in [9.17, 15) is 22.4 Å². The van der Waals surface area contributed by atoms with Gasteiger partial charge >= 0.3 is 6.18 Å². The van der Waals surface area contributed by atoms with Crippen molar-refractivity contribution in [1.29, 1.82) is 0 Å². The van der Waals surface area contributed by atoms with Gasteiger partial charge < -0.3 is 10.6 Å². The van der Waals surface area contributed by atoms with Gasteiger partial charge in [-0.25, -0.2) is 4.39 Å². The summed E-state index contributed by atoms with van der Waals surface area (Å²) in [4.78, 5) is 12.4. The lowest BCUT2D eigenvalue weighted by molar-refractivity contribution is -0.165. The van der Waals surface area contributed by atoms with Crippen LogP contribution < -0.4 is 10.6 Å². The molecule has 2 heterocycles. The third kappa shape index (κ3) is 2.44. The molecule has 2 N–H and O–H groups in total. The van der Waals surface area contributed by atoms with E-state index in [1.807, 2.05) is 0 Å². The molecule has 7 heteroatoms. The van der Waals surface area contributed by atoms with Gasteiger partial charge in [-0.1, -0.05) is 11.8 Å². The zero-order valence-electron chi connectivity index (χ0n) is 13.1. The quantitative estimate of drug-likeness (QED) is 0.558. The lowest BCUT2D eigenvalue weighted by Gasteiger charge is -2.41. The summed E-state index contributed by atoms with van der Waals surface area (Å²) in [7, 11) is 0. The van der Waals surface area contributed by atoms with Gasteiger partial charge in [0.2, 0.25) is 0 Å². The summed E-state index contributed by atoms with van der Waals surface area (Å²) < 4.78 is 56.9. The van der Waals surface area contributed by atoms with Crippen LogP contribution in [0.25, 0.3) is 0 Å². The summed E-state index contributed by atoms with van der Waals surface area (Å²) in [6, 6.07) is 3.17. The number of alkyl halides is 3. The lowest BCUT2D eigenvalue weighted by atomic mass is 9.68. The van der Waals surface area contributed by atoms with Crippen LogP contribution >= 0.6 is 0 Å². The van der Waals surface area contributed by atoms with Crippen molar-refractivity contribution in [3.8, 4) is 11.8 Å². The largest absolute Gasteiger partial charge is 0.413 e. The summed E-state index contributed by atoms with van der Waals surface area (Å²) in [5.74, 6) is 3.46. The van der Waals surface area contributed by atoms with E-state index >= 15 is 0 Å². The maximum Gasteiger partial charge on any atom is 0.413 e. The van der Waals surface area contributed by atoms with E-state index < -0.39 is 28.8 Å². The number of halogens is 4. The second-order valence-corrected chi connectivity index (χ2v) is 6.49. The molecule has 0 spiro atoms. The van der Waals surface area contributed by atoms with Crippen LogP contribution in [0.4, 0.5) is 23.2 Å². The summed E-state index contributed by atoms with van der Waals surface area (Å²) >= 11 is 0. The molecule has 0 amide bonds. The molecular formula is C18H14F4N2O. The summed E-state index contributed by atoms with van der Waals surface area (Å²) in [6.45, 7) is -0.102. The Morgan fingerprint density at radius 1 is 1.20 bits per heavy atom. The number of benzene rings is 1. The molecule has 3 aliphatic rings. The van der Waals surface area contributed by atoms with E-state index in [-0.39, 0.29) is 36.0 Å². The zero-order valence-corrected chi connectivity index (χ0v) is 13.1. The van der Waals surface area contributed by atoms with Crippen LogP contribution in [0.5, 0.6) is 0 Å². The molecular weight excluding hydrogens is 336 g/mol. The zero-order chi connectivity index (χ0) is 17.8. The first-order valence-corrected chi connectivity index (χ1v) is 7.97. The van der Waals surface area contributed by atoms with E-state index in [0.717, 1.165) is 25.0 Å². The second-order valence-electron chi connectivity index (χ2n) is 6.49. The van der Waals surface area contributed by atoms with E-state index in [1.165, 1.54) is 6.07 Å². The molecule has 130 valence electrons. The van der Waals surface area contributed by atoms with Crippen LogP contribution in [0.1, 0.15) is 18.4 Å². The summed E-state index contributed by atoms with van der Waals surface area (Å²) in [5, 5.41) is 5.63. The van der Waals surface area contributed by atoms with Crippen LogP contribution in [0.3, 0.4) is 0 Å². The van der Waals surface area contributed by atoms with Crippen molar-refractivity contribution in [2.24, 2.45) is 5.92 Å². The SMILES string of the molecule is O=C1CNCC2=C1C(C#CC1CC1)(C(F)(F)F)c1cc(F)ccc1N2. The number of carbonyl (C=O) groups is 1. The number of fused-ring (bicyclic) bond motifs is 1. The number of carbonyl (C=O) groups excluding carboxylic acids is 1. The van der Waals surface area contributed by atoms with Gasteiger partial charge in [0, 0.05) is 35.0 Å². The maximum absolute atomic E-state index is 14.4. The van der Waals surface area contributed by atoms with E-state index in [2.05, 4.69) is 22.5 Å². The Labute approximate surface area is 141 Å². The highest BCUT2D eigenvalue weighted by atomic mass is 19.4. The predicted molar refractivity (Wildman–Crippen MR) is 83.2 cm³/mol. The first-order valence-electron chi connectivity index (χ1n) is 7.97. The average molecular weight is 350 g/mol. The number of Topliss-reactive ketones (excluding diaryl/α,β-unsaturated/α-hetero) is 1. The third-order valence-corrected chi connectivity index (χ3v) is 4.68. The third-order valence-electron chi connectivity index (χ3n) is 4.68. The molecule has 1 fully saturated rings. The average Bonchev–Trinajstić information content (AvgIpc) is 3.35. The summed E-state index contributed by atoms with van der Waals surface area (Å²) in [6.07, 6.45) is -3.36. The maximum atomic E-state index is 14.4. The Morgan fingerprint density at radius 2 is 1.96 bits per heavy atom. The molecule has 1 aromatic rings. The molecule has 1 atom stereocenters. The van der Waals surface area contributed by atoms with Gasteiger partial charge in [-0.3, -0.25) is 4.79 Å². The first kappa shape index (κ1) is 16.2. The molecule has 3 nitrogen and oxygen atoms in total. The van der Waals surface area contributed by atoms with Crippen LogP contribution in [-0.2, 0) is 10.2 Å². The van der Waals surface area contributed by atoms with Crippen molar-refractivity contribution in [3.05, 3.63) is 40.8 Å². The van der Waals surface area contributed by atoms with Crippen LogP contribution in [0.15, 0.2) is 29.5 Å². The second kappa shape index (κ2) is 5.33. The Bertz CT molecular complexity index is 858.